The van der Waals surface area contributed by atoms with Crippen molar-refractivity contribution in [3.63, 3.8) is 0 Å². The Morgan fingerprint density at radius 3 is 2.81 bits per heavy atom. The van der Waals surface area contributed by atoms with Gasteiger partial charge in [-0.3, -0.25) is 9.59 Å². The van der Waals surface area contributed by atoms with Crippen molar-refractivity contribution in [3.8, 4) is 0 Å². The van der Waals surface area contributed by atoms with Gasteiger partial charge in [0.05, 0.1) is 6.20 Å². The SMILES string of the molecule is O=C(O)Cn1cc(C(=O)NCc2cc(F)ccc2F)nn1. The van der Waals surface area contributed by atoms with E-state index in [0.717, 1.165) is 29.1 Å². The molecule has 7 nitrogen and oxygen atoms in total. The molecule has 110 valence electrons. The first-order valence-electron chi connectivity index (χ1n) is 5.80. The number of hydrogen-bond donors (Lipinski definition) is 2. The minimum absolute atomic E-state index is 0.0127. The van der Waals surface area contributed by atoms with Gasteiger partial charge in [-0.2, -0.15) is 0 Å². The van der Waals surface area contributed by atoms with Crippen LogP contribution in [0, 0.1) is 11.6 Å². The fourth-order valence-corrected chi connectivity index (χ4v) is 1.56. The lowest BCUT2D eigenvalue weighted by molar-refractivity contribution is -0.137. The summed E-state index contributed by atoms with van der Waals surface area (Å²) in [6.07, 6.45) is 1.14. The zero-order valence-electron chi connectivity index (χ0n) is 10.6. The van der Waals surface area contributed by atoms with Crippen LogP contribution in [-0.2, 0) is 17.9 Å². The number of nitrogens with one attached hydrogen (secondary N) is 1. The zero-order valence-corrected chi connectivity index (χ0v) is 10.6. The molecule has 2 aromatic rings. The monoisotopic (exact) mass is 296 g/mol. The number of aromatic nitrogens is 3. The number of aliphatic carboxylic acids is 1. The Bertz CT molecular complexity index is 687. The van der Waals surface area contributed by atoms with Crippen LogP contribution in [0.4, 0.5) is 8.78 Å². The van der Waals surface area contributed by atoms with Crippen molar-refractivity contribution in [1.29, 1.82) is 0 Å². The van der Waals surface area contributed by atoms with Crippen molar-refractivity contribution in [2.75, 3.05) is 0 Å². The number of carbonyl (C=O) groups excluding carboxylic acids is 1. The average Bonchev–Trinajstić information content (AvgIpc) is 2.87. The summed E-state index contributed by atoms with van der Waals surface area (Å²) in [4.78, 5) is 22.2. The van der Waals surface area contributed by atoms with Crippen LogP contribution in [0.5, 0.6) is 0 Å². The molecule has 0 atom stereocenters. The number of benzene rings is 1. The quantitative estimate of drug-likeness (QED) is 0.840. The first-order valence-corrected chi connectivity index (χ1v) is 5.80. The van der Waals surface area contributed by atoms with Gasteiger partial charge in [0, 0.05) is 12.1 Å². The minimum atomic E-state index is -1.13. The number of carboxylic acids is 1. The molecule has 0 fully saturated rings. The Morgan fingerprint density at radius 2 is 2.10 bits per heavy atom. The van der Waals surface area contributed by atoms with Gasteiger partial charge in [-0.05, 0) is 18.2 Å². The molecular formula is C12H10F2N4O3. The van der Waals surface area contributed by atoms with Crippen molar-refractivity contribution < 1.29 is 23.5 Å². The molecule has 0 aliphatic rings. The van der Waals surface area contributed by atoms with Crippen molar-refractivity contribution >= 4 is 11.9 Å². The lowest BCUT2D eigenvalue weighted by Crippen LogP contribution is -2.23. The Balaban J connectivity index is 2.00. The molecule has 0 aliphatic carbocycles. The van der Waals surface area contributed by atoms with E-state index in [-0.39, 0.29) is 17.8 Å². The van der Waals surface area contributed by atoms with Gasteiger partial charge in [-0.15, -0.1) is 5.10 Å². The third-order valence-electron chi connectivity index (χ3n) is 2.52. The maximum Gasteiger partial charge on any atom is 0.325 e. The predicted octanol–water partition coefficient (Wildman–Crippen LogP) is 0.571. The van der Waals surface area contributed by atoms with Crippen molar-refractivity contribution in [2.45, 2.75) is 13.1 Å². The summed E-state index contributed by atoms with van der Waals surface area (Å²) in [7, 11) is 0. The topological polar surface area (TPSA) is 97.1 Å². The van der Waals surface area contributed by atoms with Crippen molar-refractivity contribution in [1.82, 2.24) is 20.3 Å². The summed E-state index contributed by atoms with van der Waals surface area (Å²) in [5.74, 6) is -3.07. The summed E-state index contributed by atoms with van der Waals surface area (Å²) in [6.45, 7) is -0.660. The number of amides is 1. The fourth-order valence-electron chi connectivity index (χ4n) is 1.56. The van der Waals surface area contributed by atoms with Crippen LogP contribution >= 0.6 is 0 Å². The number of halogens is 2. The third kappa shape index (κ3) is 3.81. The van der Waals surface area contributed by atoms with Crippen LogP contribution in [0.2, 0.25) is 0 Å². The zero-order chi connectivity index (χ0) is 15.4. The summed E-state index contributed by atoms with van der Waals surface area (Å²) in [6, 6.07) is 2.90. The van der Waals surface area contributed by atoms with E-state index in [1.54, 1.807) is 0 Å². The van der Waals surface area contributed by atoms with Gasteiger partial charge in [0.2, 0.25) is 0 Å². The molecule has 0 saturated carbocycles. The Morgan fingerprint density at radius 1 is 1.33 bits per heavy atom. The highest BCUT2D eigenvalue weighted by Crippen LogP contribution is 2.09. The number of carboxylic acid groups (broad SMARTS) is 1. The molecule has 1 heterocycles. The first-order chi connectivity index (χ1) is 9.95. The molecule has 0 unspecified atom stereocenters. The van der Waals surface area contributed by atoms with Crippen molar-refractivity contribution in [3.05, 3.63) is 47.3 Å². The molecule has 0 bridgehead atoms. The van der Waals surface area contributed by atoms with Gasteiger partial charge in [0.1, 0.15) is 18.2 Å². The van der Waals surface area contributed by atoms with E-state index < -0.39 is 30.1 Å². The molecule has 1 amide bonds. The highest BCUT2D eigenvalue weighted by molar-refractivity contribution is 5.91. The molecule has 2 N–H and O–H groups in total. The van der Waals surface area contributed by atoms with Gasteiger partial charge in [0.15, 0.2) is 5.69 Å². The van der Waals surface area contributed by atoms with Gasteiger partial charge in [0.25, 0.3) is 5.91 Å². The second-order valence-corrected chi connectivity index (χ2v) is 4.11. The first kappa shape index (κ1) is 14.6. The van der Waals surface area contributed by atoms with Crippen LogP contribution in [0.25, 0.3) is 0 Å². The average molecular weight is 296 g/mol. The highest BCUT2D eigenvalue weighted by atomic mass is 19.1. The largest absolute Gasteiger partial charge is 0.480 e. The van der Waals surface area contributed by atoms with Crippen molar-refractivity contribution in [2.24, 2.45) is 0 Å². The fraction of sp³-hybridized carbons (Fsp3) is 0.167. The second kappa shape index (κ2) is 6.07. The number of carbonyl (C=O) groups is 2. The van der Waals surface area contributed by atoms with Gasteiger partial charge in [-0.1, -0.05) is 5.21 Å². The molecular weight excluding hydrogens is 286 g/mol. The molecule has 0 radical (unpaired) electrons. The Kier molecular flexibility index (Phi) is 4.21. The Labute approximate surface area is 117 Å². The lowest BCUT2D eigenvalue weighted by atomic mass is 10.2. The molecule has 9 heteroatoms. The third-order valence-corrected chi connectivity index (χ3v) is 2.52. The van der Waals surface area contributed by atoms with E-state index in [2.05, 4.69) is 15.6 Å². The number of hydrogen-bond acceptors (Lipinski definition) is 4. The van der Waals surface area contributed by atoms with E-state index in [0.29, 0.717) is 0 Å². The Hall–Kier alpha value is -2.84. The van der Waals surface area contributed by atoms with Crippen LogP contribution < -0.4 is 5.32 Å². The predicted molar refractivity (Wildman–Crippen MR) is 65.2 cm³/mol. The number of rotatable bonds is 5. The summed E-state index contributed by atoms with van der Waals surface area (Å²) >= 11 is 0. The normalized spacial score (nSPS) is 10.4. The standard InChI is InChI=1S/C12H10F2N4O3/c13-8-1-2-9(14)7(3-8)4-15-12(21)10-5-18(17-16-10)6-11(19)20/h1-3,5H,4,6H2,(H,15,21)(H,19,20). The van der Waals surface area contributed by atoms with Gasteiger partial charge in [-0.25, -0.2) is 13.5 Å². The molecule has 2 rings (SSSR count). The molecule has 0 aliphatic heterocycles. The summed E-state index contributed by atoms with van der Waals surface area (Å²) in [5, 5.41) is 17.8. The van der Waals surface area contributed by atoms with E-state index >= 15 is 0 Å². The lowest BCUT2D eigenvalue weighted by Gasteiger charge is -2.04. The van der Waals surface area contributed by atoms with E-state index in [1.165, 1.54) is 0 Å². The van der Waals surface area contributed by atoms with Crippen LogP contribution in [0.3, 0.4) is 0 Å². The molecule has 0 spiro atoms. The molecule has 0 saturated heterocycles. The molecule has 1 aromatic heterocycles. The smallest absolute Gasteiger partial charge is 0.325 e. The molecule has 1 aromatic carbocycles. The summed E-state index contributed by atoms with van der Waals surface area (Å²) in [5.41, 5.74) is -0.130. The van der Waals surface area contributed by atoms with Crippen LogP contribution in [-0.4, -0.2) is 32.0 Å². The maximum absolute atomic E-state index is 13.4. The summed E-state index contributed by atoms with van der Waals surface area (Å²) < 4.78 is 27.3. The second-order valence-electron chi connectivity index (χ2n) is 4.11. The molecule has 21 heavy (non-hydrogen) atoms. The maximum atomic E-state index is 13.4. The number of nitrogens with zero attached hydrogens (tertiary/aromatic N) is 3. The van der Waals surface area contributed by atoms with Crippen LogP contribution in [0.15, 0.2) is 24.4 Å². The van der Waals surface area contributed by atoms with E-state index in [9.17, 15) is 18.4 Å². The van der Waals surface area contributed by atoms with Gasteiger partial charge >= 0.3 is 5.97 Å². The van der Waals surface area contributed by atoms with Crippen LogP contribution in [0.1, 0.15) is 16.1 Å². The van der Waals surface area contributed by atoms with Gasteiger partial charge < -0.3 is 10.4 Å². The van der Waals surface area contributed by atoms with E-state index in [1.807, 2.05) is 0 Å². The van der Waals surface area contributed by atoms with E-state index in [4.69, 9.17) is 5.11 Å². The minimum Gasteiger partial charge on any atom is -0.480 e. The highest BCUT2D eigenvalue weighted by Gasteiger charge is 2.13.